The molecule has 4 aromatic rings. The van der Waals surface area contributed by atoms with Gasteiger partial charge in [-0.3, -0.25) is 19.7 Å². The van der Waals surface area contributed by atoms with Crippen LogP contribution >= 0.6 is 34.2 Å². The molecule has 0 unspecified atom stereocenters. The number of anilines is 1. The molecule has 0 fully saturated rings. The van der Waals surface area contributed by atoms with Gasteiger partial charge in [0, 0.05) is 22.1 Å². The first kappa shape index (κ1) is 28.3. The second-order valence-corrected chi connectivity index (χ2v) is 10.5. The summed E-state index contributed by atoms with van der Waals surface area (Å²) in [5, 5.41) is 17.3. The van der Waals surface area contributed by atoms with Crippen molar-refractivity contribution in [3.05, 3.63) is 138 Å². The van der Waals surface area contributed by atoms with Crippen LogP contribution in [0.15, 0.2) is 97.1 Å². The number of nitro groups is 1. The lowest BCUT2D eigenvalue weighted by molar-refractivity contribution is -0.384. The third-order valence-electron chi connectivity index (χ3n) is 6.33. The molecule has 198 valence electrons. The fourth-order valence-electron chi connectivity index (χ4n) is 4.22. The molecule has 7 nitrogen and oxygen atoms in total. The van der Waals surface area contributed by atoms with Gasteiger partial charge in [0.2, 0.25) is 11.8 Å². The van der Waals surface area contributed by atoms with Gasteiger partial charge in [-0.2, -0.15) is 0 Å². The molecule has 0 aromatic heterocycles. The van der Waals surface area contributed by atoms with Gasteiger partial charge in [0.1, 0.15) is 6.04 Å². The number of carbonyl (C=O) groups is 2. The van der Waals surface area contributed by atoms with Crippen molar-refractivity contribution in [3.8, 4) is 0 Å². The van der Waals surface area contributed by atoms with E-state index in [0.717, 1.165) is 20.3 Å². The Hall–Kier alpha value is -3.76. The minimum Gasteiger partial charge on any atom is -0.343 e. The molecule has 0 heterocycles. The van der Waals surface area contributed by atoms with E-state index in [4.69, 9.17) is 11.6 Å². The fraction of sp³-hybridized carbons (Fsp3) is 0.133. The number of halogens is 2. The van der Waals surface area contributed by atoms with Crippen LogP contribution in [0, 0.1) is 20.6 Å². The maximum atomic E-state index is 13.8. The molecule has 0 spiro atoms. The van der Waals surface area contributed by atoms with Crippen molar-refractivity contribution in [1.82, 2.24) is 5.32 Å². The Morgan fingerprint density at radius 3 is 1.97 bits per heavy atom. The van der Waals surface area contributed by atoms with Crippen molar-refractivity contribution in [2.45, 2.75) is 25.3 Å². The zero-order valence-electron chi connectivity index (χ0n) is 20.9. The highest BCUT2D eigenvalue weighted by molar-refractivity contribution is 14.1. The van der Waals surface area contributed by atoms with E-state index >= 15 is 0 Å². The molecule has 4 aromatic carbocycles. The number of hydrogen-bond acceptors (Lipinski definition) is 4. The van der Waals surface area contributed by atoms with Gasteiger partial charge in [-0.05, 0) is 63.9 Å². The predicted molar refractivity (Wildman–Crippen MR) is 161 cm³/mol. The summed E-state index contributed by atoms with van der Waals surface area (Å²) >= 11 is 8.67. The molecule has 0 radical (unpaired) electrons. The summed E-state index contributed by atoms with van der Waals surface area (Å²) in [7, 11) is 0. The molecule has 1 atom stereocenters. The van der Waals surface area contributed by atoms with Crippen molar-refractivity contribution in [2.24, 2.45) is 0 Å². The Kier molecular flexibility index (Phi) is 9.32. The van der Waals surface area contributed by atoms with Crippen LogP contribution in [0.2, 0.25) is 5.02 Å². The van der Waals surface area contributed by atoms with Gasteiger partial charge in [-0.15, -0.1) is 0 Å². The number of amides is 2. The monoisotopic (exact) mass is 653 g/mol. The minimum absolute atomic E-state index is 0.0573. The molecule has 0 bridgehead atoms. The third-order valence-corrected chi connectivity index (χ3v) is 7.98. The van der Waals surface area contributed by atoms with Gasteiger partial charge in [0.05, 0.1) is 21.6 Å². The van der Waals surface area contributed by atoms with Gasteiger partial charge in [-0.1, -0.05) is 84.4 Å². The molecule has 0 aliphatic rings. The predicted octanol–water partition coefficient (Wildman–Crippen LogP) is 6.66. The second-order valence-electron chi connectivity index (χ2n) is 8.97. The summed E-state index contributed by atoms with van der Waals surface area (Å²) in [6.45, 7) is 1.86. The zero-order valence-corrected chi connectivity index (χ0v) is 23.8. The molecule has 0 aliphatic heterocycles. The van der Waals surface area contributed by atoms with E-state index in [1.807, 2.05) is 73.7 Å². The number of rotatable bonds is 9. The normalized spacial score (nSPS) is 11.6. The van der Waals surface area contributed by atoms with E-state index in [9.17, 15) is 19.7 Å². The van der Waals surface area contributed by atoms with E-state index < -0.39 is 22.8 Å². The van der Waals surface area contributed by atoms with E-state index in [0.29, 0.717) is 16.3 Å². The Labute approximate surface area is 244 Å². The van der Waals surface area contributed by atoms with Crippen molar-refractivity contribution >= 4 is 57.4 Å². The number of carbonyl (C=O) groups excluding carboxylic acids is 2. The Morgan fingerprint density at radius 1 is 0.872 bits per heavy atom. The summed E-state index contributed by atoms with van der Waals surface area (Å²) in [5.41, 5.74) is 3.43. The highest BCUT2D eigenvalue weighted by atomic mass is 127. The summed E-state index contributed by atoms with van der Waals surface area (Å²) in [6.07, 6.45) is 0.118. The lowest BCUT2D eigenvalue weighted by Crippen LogP contribution is -2.47. The quantitative estimate of drug-likeness (QED) is 0.120. The third kappa shape index (κ3) is 7.01. The van der Waals surface area contributed by atoms with Crippen LogP contribution in [0.4, 0.5) is 11.4 Å². The summed E-state index contributed by atoms with van der Waals surface area (Å²) < 4.78 is 0.958. The van der Waals surface area contributed by atoms with Crippen molar-refractivity contribution in [1.29, 1.82) is 0 Å². The van der Waals surface area contributed by atoms with Gasteiger partial charge in [0.25, 0.3) is 5.69 Å². The van der Waals surface area contributed by atoms with Crippen molar-refractivity contribution < 1.29 is 14.5 Å². The van der Waals surface area contributed by atoms with Crippen LogP contribution in [0.5, 0.6) is 0 Å². The van der Waals surface area contributed by atoms with Crippen LogP contribution in [-0.4, -0.2) is 22.8 Å². The summed E-state index contributed by atoms with van der Waals surface area (Å²) in [5.74, 6) is -1.45. The van der Waals surface area contributed by atoms with E-state index in [2.05, 4.69) is 33.2 Å². The molecular formula is C30H25ClIN3O4. The standard InChI is InChI=1S/C30H25ClIN3O4/c1-19-24(32)16-17-25(28(19)31)33-29(36)26(18-20-12-14-23(15-13-20)35(38)39)34-30(37)27(21-8-4-2-5-9-21)22-10-6-3-7-11-22/h2-17,26-27H,18H2,1H3,(H,33,36)(H,34,37)/t26-/m0/s1. The number of nitrogens with one attached hydrogen (secondary N) is 2. The Balaban J connectivity index is 1.66. The minimum atomic E-state index is -0.982. The van der Waals surface area contributed by atoms with Crippen LogP contribution < -0.4 is 10.6 Å². The first-order valence-electron chi connectivity index (χ1n) is 12.1. The molecule has 0 saturated carbocycles. The summed E-state index contributed by atoms with van der Waals surface area (Å²) in [4.78, 5) is 38.0. The van der Waals surface area contributed by atoms with Crippen LogP contribution in [0.3, 0.4) is 0 Å². The number of nitrogens with zero attached hydrogens (tertiary/aromatic N) is 1. The van der Waals surface area contributed by atoms with Crippen LogP contribution in [0.1, 0.15) is 28.2 Å². The molecule has 39 heavy (non-hydrogen) atoms. The van der Waals surface area contributed by atoms with Crippen molar-refractivity contribution in [3.63, 3.8) is 0 Å². The number of nitro benzene ring substituents is 1. The second kappa shape index (κ2) is 12.9. The molecule has 0 saturated heterocycles. The van der Waals surface area contributed by atoms with E-state index in [1.54, 1.807) is 18.2 Å². The van der Waals surface area contributed by atoms with Crippen LogP contribution in [-0.2, 0) is 16.0 Å². The Morgan fingerprint density at radius 2 is 1.44 bits per heavy atom. The topological polar surface area (TPSA) is 101 Å². The Bertz CT molecular complexity index is 1440. The lowest BCUT2D eigenvalue weighted by atomic mass is 9.90. The average molecular weight is 654 g/mol. The van der Waals surface area contributed by atoms with E-state index in [1.165, 1.54) is 12.1 Å². The SMILES string of the molecule is Cc1c(I)ccc(NC(=O)[C@H](Cc2ccc([N+](=O)[O-])cc2)NC(=O)C(c2ccccc2)c2ccccc2)c1Cl. The number of hydrogen-bond donors (Lipinski definition) is 2. The molecule has 9 heteroatoms. The van der Waals surface area contributed by atoms with Crippen molar-refractivity contribution in [2.75, 3.05) is 5.32 Å². The number of benzene rings is 4. The van der Waals surface area contributed by atoms with Gasteiger partial charge in [-0.25, -0.2) is 0 Å². The van der Waals surface area contributed by atoms with Crippen LogP contribution in [0.25, 0.3) is 0 Å². The highest BCUT2D eigenvalue weighted by Gasteiger charge is 2.29. The van der Waals surface area contributed by atoms with Gasteiger partial charge >= 0.3 is 0 Å². The van der Waals surface area contributed by atoms with Gasteiger partial charge < -0.3 is 10.6 Å². The smallest absolute Gasteiger partial charge is 0.269 e. The largest absolute Gasteiger partial charge is 0.343 e. The molecule has 0 aliphatic carbocycles. The highest BCUT2D eigenvalue weighted by Crippen LogP contribution is 2.30. The molecule has 2 amide bonds. The number of non-ortho nitro benzene ring substituents is 1. The molecule has 4 rings (SSSR count). The molecular weight excluding hydrogens is 629 g/mol. The first-order valence-corrected chi connectivity index (χ1v) is 13.6. The maximum Gasteiger partial charge on any atom is 0.269 e. The van der Waals surface area contributed by atoms with E-state index in [-0.39, 0.29) is 18.0 Å². The fourth-order valence-corrected chi connectivity index (χ4v) is 5.04. The first-order chi connectivity index (χ1) is 18.7. The van der Waals surface area contributed by atoms with Gasteiger partial charge in [0.15, 0.2) is 0 Å². The molecule has 2 N–H and O–H groups in total. The zero-order chi connectivity index (χ0) is 27.9. The lowest BCUT2D eigenvalue weighted by Gasteiger charge is -2.24. The average Bonchev–Trinajstić information content (AvgIpc) is 2.94. The maximum absolute atomic E-state index is 13.8. The summed E-state index contributed by atoms with van der Waals surface area (Å²) in [6, 6.07) is 27.2.